The molecule has 3 rings (SSSR count). The fraction of sp³-hybridized carbons (Fsp3) is 0.733. The summed E-state index contributed by atoms with van der Waals surface area (Å²) < 4.78 is 5.44. The SMILES string of the molecule is Cc1cc(C2CCOCC2)nc(CC2CCCN2)n1. The lowest BCUT2D eigenvalue weighted by molar-refractivity contribution is 0.0844. The average Bonchev–Trinajstić information content (AvgIpc) is 2.92. The second-order valence-corrected chi connectivity index (χ2v) is 5.73. The van der Waals surface area contributed by atoms with Crippen molar-refractivity contribution in [3.63, 3.8) is 0 Å². The molecule has 0 bridgehead atoms. The molecule has 1 atom stereocenters. The number of nitrogens with one attached hydrogen (secondary N) is 1. The van der Waals surface area contributed by atoms with Crippen LogP contribution in [0.3, 0.4) is 0 Å². The highest BCUT2D eigenvalue weighted by Gasteiger charge is 2.20. The van der Waals surface area contributed by atoms with Gasteiger partial charge in [0.2, 0.25) is 0 Å². The fourth-order valence-corrected chi connectivity index (χ4v) is 3.10. The number of hydrogen-bond donors (Lipinski definition) is 1. The molecule has 1 aromatic rings. The van der Waals surface area contributed by atoms with Gasteiger partial charge in [-0.25, -0.2) is 9.97 Å². The number of aryl methyl sites for hydroxylation is 1. The molecule has 0 spiro atoms. The van der Waals surface area contributed by atoms with Gasteiger partial charge in [-0.15, -0.1) is 0 Å². The van der Waals surface area contributed by atoms with Crippen LogP contribution in [0.2, 0.25) is 0 Å². The third-order valence-electron chi connectivity index (χ3n) is 4.15. The minimum absolute atomic E-state index is 0.561. The van der Waals surface area contributed by atoms with Crippen molar-refractivity contribution in [2.45, 2.75) is 51.0 Å². The number of hydrogen-bond acceptors (Lipinski definition) is 4. The van der Waals surface area contributed by atoms with Gasteiger partial charge < -0.3 is 10.1 Å². The Morgan fingerprint density at radius 1 is 1.26 bits per heavy atom. The molecule has 1 unspecified atom stereocenters. The Hall–Kier alpha value is -1.00. The van der Waals surface area contributed by atoms with Gasteiger partial charge in [-0.05, 0) is 45.2 Å². The van der Waals surface area contributed by atoms with Gasteiger partial charge >= 0.3 is 0 Å². The smallest absolute Gasteiger partial charge is 0.130 e. The quantitative estimate of drug-likeness (QED) is 0.903. The van der Waals surface area contributed by atoms with Crippen LogP contribution in [0.5, 0.6) is 0 Å². The van der Waals surface area contributed by atoms with E-state index in [4.69, 9.17) is 9.72 Å². The van der Waals surface area contributed by atoms with E-state index in [0.717, 1.165) is 50.5 Å². The normalized spacial score (nSPS) is 24.8. The zero-order chi connectivity index (χ0) is 13.1. The number of rotatable bonds is 3. The average molecular weight is 261 g/mol. The Kier molecular flexibility index (Phi) is 4.09. The van der Waals surface area contributed by atoms with Crippen LogP contribution in [0.4, 0.5) is 0 Å². The summed E-state index contributed by atoms with van der Waals surface area (Å²) in [5.41, 5.74) is 2.33. The van der Waals surface area contributed by atoms with Crippen molar-refractivity contribution >= 4 is 0 Å². The van der Waals surface area contributed by atoms with Crippen LogP contribution in [0.15, 0.2) is 6.07 Å². The molecule has 1 aromatic heterocycles. The molecule has 0 saturated carbocycles. The topological polar surface area (TPSA) is 47.0 Å². The third-order valence-corrected chi connectivity index (χ3v) is 4.15. The maximum atomic E-state index is 5.44. The predicted octanol–water partition coefficient (Wildman–Crippen LogP) is 1.97. The Morgan fingerprint density at radius 3 is 2.84 bits per heavy atom. The summed E-state index contributed by atoms with van der Waals surface area (Å²) in [7, 11) is 0. The number of aromatic nitrogens is 2. The van der Waals surface area contributed by atoms with E-state index in [1.54, 1.807) is 0 Å². The molecule has 0 aromatic carbocycles. The molecule has 3 heterocycles. The molecular formula is C15H23N3O. The summed E-state index contributed by atoms with van der Waals surface area (Å²) in [6.45, 7) is 4.96. The van der Waals surface area contributed by atoms with Crippen LogP contribution in [-0.2, 0) is 11.2 Å². The highest BCUT2D eigenvalue weighted by Crippen LogP contribution is 2.26. The summed E-state index contributed by atoms with van der Waals surface area (Å²) in [4.78, 5) is 9.42. The first kappa shape index (κ1) is 13.0. The second-order valence-electron chi connectivity index (χ2n) is 5.73. The van der Waals surface area contributed by atoms with E-state index in [-0.39, 0.29) is 0 Å². The van der Waals surface area contributed by atoms with Gasteiger partial charge in [0, 0.05) is 43.0 Å². The van der Waals surface area contributed by atoms with Crippen LogP contribution >= 0.6 is 0 Å². The van der Waals surface area contributed by atoms with Gasteiger partial charge in [0.25, 0.3) is 0 Å². The van der Waals surface area contributed by atoms with Crippen molar-refractivity contribution in [2.24, 2.45) is 0 Å². The fourth-order valence-electron chi connectivity index (χ4n) is 3.10. The number of ether oxygens (including phenoxy) is 1. The minimum Gasteiger partial charge on any atom is -0.381 e. The lowest BCUT2D eigenvalue weighted by Crippen LogP contribution is -2.25. The van der Waals surface area contributed by atoms with Crippen molar-refractivity contribution in [1.82, 2.24) is 15.3 Å². The molecule has 1 N–H and O–H groups in total. The van der Waals surface area contributed by atoms with E-state index in [0.29, 0.717) is 12.0 Å². The highest BCUT2D eigenvalue weighted by atomic mass is 16.5. The first-order chi connectivity index (χ1) is 9.31. The zero-order valence-electron chi connectivity index (χ0n) is 11.7. The Labute approximate surface area is 115 Å². The zero-order valence-corrected chi connectivity index (χ0v) is 11.7. The van der Waals surface area contributed by atoms with Crippen LogP contribution in [0, 0.1) is 6.92 Å². The van der Waals surface area contributed by atoms with Gasteiger partial charge in [-0.3, -0.25) is 0 Å². The standard InChI is InChI=1S/C15H23N3O/c1-11-9-14(12-4-7-19-8-5-12)18-15(17-11)10-13-3-2-6-16-13/h9,12-13,16H,2-8,10H2,1H3. The van der Waals surface area contributed by atoms with Crippen molar-refractivity contribution in [3.05, 3.63) is 23.3 Å². The van der Waals surface area contributed by atoms with Gasteiger partial charge in [-0.1, -0.05) is 0 Å². The predicted molar refractivity (Wildman–Crippen MR) is 74.3 cm³/mol. The maximum Gasteiger partial charge on any atom is 0.130 e. The summed E-state index contributed by atoms with van der Waals surface area (Å²) in [6, 6.07) is 2.73. The van der Waals surface area contributed by atoms with Gasteiger partial charge in [0.05, 0.1) is 0 Å². The van der Waals surface area contributed by atoms with Gasteiger partial charge in [0.1, 0.15) is 5.82 Å². The van der Waals surface area contributed by atoms with E-state index < -0.39 is 0 Å². The van der Waals surface area contributed by atoms with E-state index in [1.807, 2.05) is 0 Å². The Morgan fingerprint density at radius 2 is 2.11 bits per heavy atom. The molecule has 2 fully saturated rings. The summed E-state index contributed by atoms with van der Waals surface area (Å²) >= 11 is 0. The molecular weight excluding hydrogens is 238 g/mol. The van der Waals surface area contributed by atoms with Crippen LogP contribution in [-0.4, -0.2) is 35.8 Å². The van der Waals surface area contributed by atoms with E-state index in [2.05, 4.69) is 23.3 Å². The largest absolute Gasteiger partial charge is 0.381 e. The maximum absolute atomic E-state index is 5.44. The first-order valence-corrected chi connectivity index (χ1v) is 7.47. The lowest BCUT2D eigenvalue weighted by Gasteiger charge is -2.22. The molecule has 104 valence electrons. The van der Waals surface area contributed by atoms with Crippen LogP contribution in [0.25, 0.3) is 0 Å². The van der Waals surface area contributed by atoms with E-state index in [9.17, 15) is 0 Å². The van der Waals surface area contributed by atoms with Crippen molar-refractivity contribution < 1.29 is 4.74 Å². The summed E-state index contributed by atoms with van der Waals surface area (Å²) in [5.74, 6) is 1.58. The molecule has 0 aliphatic carbocycles. The Bertz CT molecular complexity index is 423. The van der Waals surface area contributed by atoms with E-state index >= 15 is 0 Å². The summed E-state index contributed by atoms with van der Waals surface area (Å²) in [6.07, 6.45) is 5.69. The van der Waals surface area contributed by atoms with Gasteiger partial charge in [0.15, 0.2) is 0 Å². The van der Waals surface area contributed by atoms with Crippen molar-refractivity contribution in [2.75, 3.05) is 19.8 Å². The van der Waals surface area contributed by atoms with E-state index in [1.165, 1.54) is 18.5 Å². The Balaban J connectivity index is 1.74. The summed E-state index contributed by atoms with van der Waals surface area (Å²) in [5, 5.41) is 3.52. The van der Waals surface area contributed by atoms with Crippen LogP contribution in [0.1, 0.15) is 48.8 Å². The highest BCUT2D eigenvalue weighted by molar-refractivity contribution is 5.15. The lowest BCUT2D eigenvalue weighted by atomic mass is 9.95. The monoisotopic (exact) mass is 261 g/mol. The number of nitrogens with zero attached hydrogens (tertiary/aromatic N) is 2. The van der Waals surface area contributed by atoms with Crippen molar-refractivity contribution in [1.29, 1.82) is 0 Å². The first-order valence-electron chi connectivity index (χ1n) is 7.47. The molecule has 0 radical (unpaired) electrons. The van der Waals surface area contributed by atoms with Crippen molar-refractivity contribution in [3.8, 4) is 0 Å². The molecule has 2 saturated heterocycles. The minimum atomic E-state index is 0.561. The molecule has 0 amide bonds. The second kappa shape index (κ2) is 5.97. The molecule has 4 heteroatoms. The van der Waals surface area contributed by atoms with Crippen LogP contribution < -0.4 is 5.32 Å². The third kappa shape index (κ3) is 3.31. The molecule has 4 nitrogen and oxygen atoms in total. The molecule has 19 heavy (non-hydrogen) atoms. The molecule has 2 aliphatic heterocycles. The molecule has 2 aliphatic rings. The van der Waals surface area contributed by atoms with Gasteiger partial charge in [-0.2, -0.15) is 0 Å².